The van der Waals surface area contributed by atoms with Crippen molar-refractivity contribution < 1.29 is 17.6 Å². The third-order valence-electron chi connectivity index (χ3n) is 3.77. The van der Waals surface area contributed by atoms with Crippen molar-refractivity contribution in [2.24, 2.45) is 5.73 Å². The van der Waals surface area contributed by atoms with Gasteiger partial charge in [-0.2, -0.15) is 0 Å². The molecule has 0 spiro atoms. The van der Waals surface area contributed by atoms with Gasteiger partial charge >= 0.3 is 0 Å². The van der Waals surface area contributed by atoms with Crippen LogP contribution in [-0.2, 0) is 9.84 Å². The lowest BCUT2D eigenvalue weighted by atomic mass is 9.92. The molecule has 1 rings (SSSR count). The van der Waals surface area contributed by atoms with Gasteiger partial charge in [0.2, 0.25) is 0 Å². The summed E-state index contributed by atoms with van der Waals surface area (Å²) >= 11 is 3.10. The van der Waals surface area contributed by atoms with E-state index in [4.69, 9.17) is 5.73 Å². The molecule has 22 heavy (non-hydrogen) atoms. The third kappa shape index (κ3) is 4.05. The molecule has 0 aliphatic carbocycles. The second-order valence-corrected chi connectivity index (χ2v) is 8.08. The first-order chi connectivity index (χ1) is 10.1. The lowest BCUT2D eigenvalue weighted by Crippen LogP contribution is -2.53. The van der Waals surface area contributed by atoms with Gasteiger partial charge in [0.15, 0.2) is 15.7 Å². The van der Waals surface area contributed by atoms with Gasteiger partial charge in [-0.15, -0.1) is 0 Å². The highest BCUT2D eigenvalue weighted by atomic mass is 79.9. The number of halogens is 2. The topological polar surface area (TPSA) is 89.3 Å². The Bertz CT molecular complexity index is 665. The molecule has 1 aromatic carbocycles. The van der Waals surface area contributed by atoms with Gasteiger partial charge in [-0.3, -0.25) is 4.79 Å². The highest BCUT2D eigenvalue weighted by Gasteiger charge is 2.29. The van der Waals surface area contributed by atoms with Gasteiger partial charge in [0, 0.05) is 17.3 Å². The SMILES string of the molecule is CCC(CC)(CN)NC(=O)c1cc(Br)cc(S(C)(=O)=O)c1F. The summed E-state index contributed by atoms with van der Waals surface area (Å²) in [5.74, 6) is -1.74. The largest absolute Gasteiger partial charge is 0.345 e. The molecule has 0 radical (unpaired) electrons. The van der Waals surface area contributed by atoms with Gasteiger partial charge in [-0.25, -0.2) is 12.8 Å². The van der Waals surface area contributed by atoms with Gasteiger partial charge in [0.25, 0.3) is 5.91 Å². The minimum absolute atomic E-state index is 0.209. The van der Waals surface area contributed by atoms with Crippen molar-refractivity contribution in [2.45, 2.75) is 37.1 Å². The van der Waals surface area contributed by atoms with E-state index in [1.165, 1.54) is 6.07 Å². The third-order valence-corrected chi connectivity index (χ3v) is 5.32. The molecular formula is C14H20BrFN2O3S. The molecule has 1 aromatic rings. The number of hydrogen-bond donors (Lipinski definition) is 2. The molecule has 0 heterocycles. The molecule has 5 nitrogen and oxygen atoms in total. The Labute approximate surface area is 138 Å². The van der Waals surface area contributed by atoms with Crippen LogP contribution in [0, 0.1) is 5.82 Å². The lowest BCUT2D eigenvalue weighted by Gasteiger charge is -2.31. The van der Waals surface area contributed by atoms with E-state index in [9.17, 15) is 17.6 Å². The number of hydrogen-bond acceptors (Lipinski definition) is 4. The zero-order valence-corrected chi connectivity index (χ0v) is 15.1. The second-order valence-electron chi connectivity index (χ2n) is 5.18. The van der Waals surface area contributed by atoms with E-state index in [0.29, 0.717) is 17.3 Å². The number of benzene rings is 1. The number of rotatable bonds is 6. The van der Waals surface area contributed by atoms with Gasteiger partial charge < -0.3 is 11.1 Å². The van der Waals surface area contributed by atoms with Gasteiger partial charge in [-0.1, -0.05) is 29.8 Å². The van der Waals surface area contributed by atoms with Crippen LogP contribution in [0.25, 0.3) is 0 Å². The summed E-state index contributed by atoms with van der Waals surface area (Å²) in [5, 5.41) is 2.72. The summed E-state index contributed by atoms with van der Waals surface area (Å²) in [6.07, 6.45) is 2.06. The van der Waals surface area contributed by atoms with Crippen LogP contribution in [0.4, 0.5) is 4.39 Å². The zero-order chi connectivity index (χ0) is 17.1. The summed E-state index contributed by atoms with van der Waals surface area (Å²) in [7, 11) is -3.78. The molecule has 0 unspecified atom stereocenters. The van der Waals surface area contributed by atoms with Crippen LogP contribution in [0.1, 0.15) is 37.0 Å². The normalized spacial score (nSPS) is 12.3. The van der Waals surface area contributed by atoms with E-state index in [1.54, 1.807) is 0 Å². The first kappa shape index (κ1) is 19.1. The summed E-state index contributed by atoms with van der Waals surface area (Å²) in [4.78, 5) is 11.9. The maximum Gasteiger partial charge on any atom is 0.254 e. The summed E-state index contributed by atoms with van der Waals surface area (Å²) in [5.41, 5.74) is 4.74. The van der Waals surface area contributed by atoms with Crippen LogP contribution in [-0.4, -0.2) is 32.7 Å². The average Bonchev–Trinajstić information content (AvgIpc) is 2.45. The summed E-state index contributed by atoms with van der Waals surface area (Å²) in [6.45, 7) is 3.95. The molecule has 3 N–H and O–H groups in total. The highest BCUT2D eigenvalue weighted by molar-refractivity contribution is 9.10. The number of nitrogens with two attached hydrogens (primary N) is 1. The van der Waals surface area contributed by atoms with Crippen LogP contribution in [0.15, 0.2) is 21.5 Å². The number of nitrogens with one attached hydrogen (secondary N) is 1. The standard InChI is InChI=1S/C14H20BrFN2O3S/c1-4-14(5-2,8-17)18-13(19)10-6-9(15)7-11(12(10)16)22(3,20)21/h6-7H,4-5,8,17H2,1-3H3,(H,18,19). The average molecular weight is 395 g/mol. The molecule has 1 amide bonds. The molecule has 124 valence electrons. The predicted octanol–water partition coefficient (Wildman–Crippen LogP) is 2.24. The van der Waals surface area contributed by atoms with Gasteiger partial charge in [-0.05, 0) is 25.0 Å². The molecule has 0 aromatic heterocycles. The molecule has 0 aliphatic heterocycles. The smallest absolute Gasteiger partial charge is 0.254 e. The fraction of sp³-hybridized carbons (Fsp3) is 0.500. The van der Waals surface area contributed by atoms with Crippen molar-refractivity contribution in [3.8, 4) is 0 Å². The number of amides is 1. The van der Waals surface area contributed by atoms with E-state index >= 15 is 0 Å². The second kappa shape index (κ2) is 7.06. The van der Waals surface area contributed by atoms with Crippen LogP contribution in [0.3, 0.4) is 0 Å². The predicted molar refractivity (Wildman–Crippen MR) is 87.0 cm³/mol. The Morgan fingerprint density at radius 2 is 1.91 bits per heavy atom. The van der Waals surface area contributed by atoms with E-state index in [0.717, 1.165) is 12.3 Å². The van der Waals surface area contributed by atoms with Crippen LogP contribution in [0.5, 0.6) is 0 Å². The first-order valence-corrected chi connectivity index (χ1v) is 9.50. The molecule has 8 heteroatoms. The summed E-state index contributed by atoms with van der Waals surface area (Å²) < 4.78 is 37.9. The number of carbonyl (C=O) groups is 1. The highest BCUT2D eigenvalue weighted by Crippen LogP contribution is 2.25. The summed E-state index contributed by atoms with van der Waals surface area (Å²) in [6, 6.07) is 2.39. The van der Waals surface area contributed by atoms with E-state index in [2.05, 4.69) is 21.2 Å². The molecule has 0 aliphatic rings. The molecular weight excluding hydrogens is 375 g/mol. The van der Waals surface area contributed by atoms with Crippen LogP contribution >= 0.6 is 15.9 Å². The van der Waals surface area contributed by atoms with Crippen molar-refractivity contribution >= 4 is 31.7 Å². The van der Waals surface area contributed by atoms with Crippen molar-refractivity contribution in [3.05, 3.63) is 28.0 Å². The first-order valence-electron chi connectivity index (χ1n) is 6.82. The maximum absolute atomic E-state index is 14.4. The molecule has 0 bridgehead atoms. The van der Waals surface area contributed by atoms with Crippen molar-refractivity contribution in [1.82, 2.24) is 5.32 Å². The fourth-order valence-electron chi connectivity index (χ4n) is 2.07. The Morgan fingerprint density at radius 3 is 2.32 bits per heavy atom. The quantitative estimate of drug-likeness (QED) is 0.773. The van der Waals surface area contributed by atoms with Crippen molar-refractivity contribution in [2.75, 3.05) is 12.8 Å². The Balaban J connectivity index is 3.33. The molecule has 0 atom stereocenters. The van der Waals surface area contributed by atoms with Crippen molar-refractivity contribution in [3.63, 3.8) is 0 Å². The van der Waals surface area contributed by atoms with Gasteiger partial charge in [0.1, 0.15) is 4.90 Å². The fourth-order valence-corrected chi connectivity index (χ4v) is 3.46. The van der Waals surface area contributed by atoms with Crippen molar-refractivity contribution in [1.29, 1.82) is 0 Å². The molecule has 0 fully saturated rings. The molecule has 0 saturated heterocycles. The monoisotopic (exact) mass is 394 g/mol. The molecule has 0 saturated carbocycles. The van der Waals surface area contributed by atoms with Crippen LogP contribution < -0.4 is 11.1 Å². The number of carbonyl (C=O) groups excluding carboxylic acids is 1. The van der Waals surface area contributed by atoms with E-state index in [1.807, 2.05) is 13.8 Å². The Morgan fingerprint density at radius 1 is 1.36 bits per heavy atom. The maximum atomic E-state index is 14.4. The Hall–Kier alpha value is -0.990. The number of sulfone groups is 1. The van der Waals surface area contributed by atoms with Crippen LogP contribution in [0.2, 0.25) is 0 Å². The van der Waals surface area contributed by atoms with Gasteiger partial charge in [0.05, 0.1) is 11.1 Å². The minimum atomic E-state index is -3.78. The minimum Gasteiger partial charge on any atom is -0.345 e. The zero-order valence-electron chi connectivity index (χ0n) is 12.7. The van der Waals surface area contributed by atoms with E-state index in [-0.39, 0.29) is 12.1 Å². The van der Waals surface area contributed by atoms with E-state index < -0.39 is 32.0 Å². The lowest BCUT2D eigenvalue weighted by molar-refractivity contribution is 0.0890. The Kier molecular flexibility index (Phi) is 6.11.